The van der Waals surface area contributed by atoms with Crippen molar-refractivity contribution in [2.24, 2.45) is 0 Å². The van der Waals surface area contributed by atoms with Gasteiger partial charge in [-0.05, 0) is 12.1 Å². The van der Waals surface area contributed by atoms with Gasteiger partial charge in [-0.25, -0.2) is 4.79 Å². The fourth-order valence-corrected chi connectivity index (χ4v) is 0.972. The lowest BCUT2D eigenvalue weighted by atomic mass is 10.3. The summed E-state index contributed by atoms with van der Waals surface area (Å²) < 4.78 is 0. The summed E-state index contributed by atoms with van der Waals surface area (Å²) in [6.07, 6.45) is 0. The summed E-state index contributed by atoms with van der Waals surface area (Å²) in [7, 11) is 0. The van der Waals surface area contributed by atoms with Crippen LogP contribution in [0.3, 0.4) is 0 Å². The highest BCUT2D eigenvalue weighted by atomic mass is 32.1. The number of amides is 1. The van der Waals surface area contributed by atoms with Crippen molar-refractivity contribution in [3.63, 3.8) is 0 Å². The Bertz CT molecular complexity index is 351. The van der Waals surface area contributed by atoms with Crippen molar-refractivity contribution in [2.75, 3.05) is 5.32 Å². The van der Waals surface area contributed by atoms with Gasteiger partial charge in [-0.2, -0.15) is 0 Å². The van der Waals surface area contributed by atoms with Gasteiger partial charge in [0, 0.05) is 4.90 Å². The Balaban J connectivity index is 2.81. The molecule has 0 bridgehead atoms. The Morgan fingerprint density at radius 2 is 1.92 bits per heavy atom. The van der Waals surface area contributed by atoms with Crippen molar-refractivity contribution < 1.29 is 14.7 Å². The molecule has 68 valence electrons. The van der Waals surface area contributed by atoms with E-state index < -0.39 is 11.9 Å². The molecule has 1 amide bonds. The summed E-state index contributed by atoms with van der Waals surface area (Å²) in [6, 6.07) is 6.64. The van der Waals surface area contributed by atoms with Crippen LogP contribution in [0.15, 0.2) is 29.2 Å². The van der Waals surface area contributed by atoms with Crippen LogP contribution in [0.4, 0.5) is 5.69 Å². The normalized spacial score (nSPS) is 9.31. The topological polar surface area (TPSA) is 66.4 Å². The molecule has 0 spiro atoms. The lowest BCUT2D eigenvalue weighted by molar-refractivity contribution is -0.147. The minimum atomic E-state index is -1.52. The maximum Gasteiger partial charge on any atom is 0.394 e. The van der Waals surface area contributed by atoms with E-state index in [0.717, 1.165) is 0 Å². The number of benzene rings is 1. The van der Waals surface area contributed by atoms with Crippen LogP contribution in [0, 0.1) is 0 Å². The van der Waals surface area contributed by atoms with Gasteiger partial charge in [0.1, 0.15) is 0 Å². The van der Waals surface area contributed by atoms with E-state index in [1.807, 2.05) is 0 Å². The second-order valence-corrected chi connectivity index (χ2v) is 2.76. The highest BCUT2D eigenvalue weighted by Gasteiger charge is 2.11. The Labute approximate surface area is 80.0 Å². The van der Waals surface area contributed by atoms with Gasteiger partial charge in [-0.15, -0.1) is 12.6 Å². The van der Waals surface area contributed by atoms with Gasteiger partial charge < -0.3 is 10.4 Å². The van der Waals surface area contributed by atoms with Crippen LogP contribution < -0.4 is 5.32 Å². The van der Waals surface area contributed by atoms with E-state index in [1.165, 1.54) is 0 Å². The molecule has 0 aliphatic heterocycles. The zero-order chi connectivity index (χ0) is 9.84. The number of anilines is 1. The molecule has 0 radical (unpaired) electrons. The lowest BCUT2D eigenvalue weighted by Crippen LogP contribution is -2.21. The summed E-state index contributed by atoms with van der Waals surface area (Å²) in [5, 5.41) is 10.5. The molecule has 0 saturated carbocycles. The molecule has 4 nitrogen and oxygen atoms in total. The first kappa shape index (κ1) is 9.60. The van der Waals surface area contributed by atoms with E-state index in [2.05, 4.69) is 17.9 Å². The van der Waals surface area contributed by atoms with E-state index in [-0.39, 0.29) is 0 Å². The predicted octanol–water partition coefficient (Wildman–Crippen LogP) is 0.998. The summed E-state index contributed by atoms with van der Waals surface area (Å²) >= 11 is 4.03. The maximum absolute atomic E-state index is 10.7. The van der Waals surface area contributed by atoms with E-state index in [4.69, 9.17) is 5.11 Å². The molecule has 1 aromatic carbocycles. The molecule has 0 saturated heterocycles. The number of nitrogens with one attached hydrogen (secondary N) is 1. The molecule has 0 aliphatic rings. The molecule has 0 unspecified atom stereocenters. The number of hydrogen-bond acceptors (Lipinski definition) is 3. The van der Waals surface area contributed by atoms with Crippen molar-refractivity contribution in [3.8, 4) is 0 Å². The quantitative estimate of drug-likeness (QED) is 0.464. The lowest BCUT2D eigenvalue weighted by Gasteiger charge is -2.03. The van der Waals surface area contributed by atoms with Gasteiger partial charge in [0.15, 0.2) is 0 Å². The number of hydrogen-bond donors (Lipinski definition) is 3. The first-order chi connectivity index (χ1) is 6.11. The molecule has 5 heteroatoms. The van der Waals surface area contributed by atoms with Gasteiger partial charge in [0.25, 0.3) is 0 Å². The molecule has 0 fully saturated rings. The van der Waals surface area contributed by atoms with Crippen LogP contribution in [0.25, 0.3) is 0 Å². The monoisotopic (exact) mass is 197 g/mol. The SMILES string of the molecule is O=C(O)C(=O)Nc1ccccc1S. The van der Waals surface area contributed by atoms with E-state index in [9.17, 15) is 9.59 Å². The van der Waals surface area contributed by atoms with Crippen LogP contribution in [-0.4, -0.2) is 17.0 Å². The van der Waals surface area contributed by atoms with E-state index in [1.54, 1.807) is 24.3 Å². The standard InChI is InChI=1S/C8H7NO3S/c10-7(8(11)12)9-5-3-1-2-4-6(5)13/h1-4,13H,(H,9,10)(H,11,12). The molecule has 1 rings (SSSR count). The van der Waals surface area contributed by atoms with Crippen LogP contribution in [0.1, 0.15) is 0 Å². The number of aliphatic carboxylic acids is 1. The largest absolute Gasteiger partial charge is 0.474 e. The molecule has 0 aromatic heterocycles. The maximum atomic E-state index is 10.7. The Hall–Kier alpha value is -1.49. The summed E-state index contributed by atoms with van der Waals surface area (Å²) in [4.78, 5) is 21.4. The number of rotatable bonds is 1. The van der Waals surface area contributed by atoms with Gasteiger partial charge in [-0.3, -0.25) is 4.79 Å². The van der Waals surface area contributed by atoms with Crippen molar-refractivity contribution in [1.29, 1.82) is 0 Å². The fourth-order valence-electron chi connectivity index (χ4n) is 0.755. The molecule has 0 heterocycles. The van der Waals surface area contributed by atoms with Gasteiger partial charge in [0.05, 0.1) is 5.69 Å². The zero-order valence-electron chi connectivity index (χ0n) is 6.52. The average molecular weight is 197 g/mol. The third-order valence-electron chi connectivity index (χ3n) is 1.35. The molecular weight excluding hydrogens is 190 g/mol. The first-order valence-corrected chi connectivity index (χ1v) is 3.88. The van der Waals surface area contributed by atoms with E-state index in [0.29, 0.717) is 10.6 Å². The van der Waals surface area contributed by atoms with Crippen molar-refractivity contribution in [1.82, 2.24) is 0 Å². The molecule has 0 aliphatic carbocycles. The number of carboxylic acids is 1. The van der Waals surface area contributed by atoms with Crippen LogP contribution in [-0.2, 0) is 9.59 Å². The minimum Gasteiger partial charge on any atom is -0.474 e. The second kappa shape index (κ2) is 3.95. The average Bonchev–Trinajstić information content (AvgIpc) is 2.08. The highest BCUT2D eigenvalue weighted by molar-refractivity contribution is 7.80. The summed E-state index contributed by atoms with van der Waals surface area (Å²) in [5.74, 6) is -2.59. The predicted molar refractivity (Wildman–Crippen MR) is 50.0 cm³/mol. The summed E-state index contributed by atoms with van der Waals surface area (Å²) in [5.41, 5.74) is 0.387. The number of thiol groups is 1. The number of para-hydroxylation sites is 1. The van der Waals surface area contributed by atoms with Gasteiger partial charge >= 0.3 is 11.9 Å². The fraction of sp³-hybridized carbons (Fsp3) is 0. The van der Waals surface area contributed by atoms with Crippen LogP contribution in [0.2, 0.25) is 0 Å². The number of carboxylic acid groups (broad SMARTS) is 1. The molecule has 1 aromatic rings. The Morgan fingerprint density at radius 1 is 1.31 bits per heavy atom. The zero-order valence-corrected chi connectivity index (χ0v) is 7.41. The molecule has 0 atom stereocenters. The van der Waals surface area contributed by atoms with Crippen LogP contribution in [0.5, 0.6) is 0 Å². The van der Waals surface area contributed by atoms with Gasteiger partial charge in [0.2, 0.25) is 0 Å². The third-order valence-corrected chi connectivity index (χ3v) is 1.74. The third kappa shape index (κ3) is 2.48. The summed E-state index contributed by atoms with van der Waals surface area (Å²) in [6.45, 7) is 0. The van der Waals surface area contributed by atoms with Gasteiger partial charge in [-0.1, -0.05) is 12.1 Å². The Kier molecular flexibility index (Phi) is 2.92. The first-order valence-electron chi connectivity index (χ1n) is 3.43. The Morgan fingerprint density at radius 3 is 2.46 bits per heavy atom. The van der Waals surface area contributed by atoms with Crippen molar-refractivity contribution in [2.45, 2.75) is 4.90 Å². The second-order valence-electron chi connectivity index (χ2n) is 2.28. The highest BCUT2D eigenvalue weighted by Crippen LogP contribution is 2.17. The molecule has 2 N–H and O–H groups in total. The van der Waals surface area contributed by atoms with Crippen molar-refractivity contribution >= 4 is 30.2 Å². The van der Waals surface area contributed by atoms with Crippen molar-refractivity contribution in [3.05, 3.63) is 24.3 Å². The number of carbonyl (C=O) groups excluding carboxylic acids is 1. The minimum absolute atomic E-state index is 0.387. The molecule has 13 heavy (non-hydrogen) atoms. The number of carbonyl (C=O) groups is 2. The van der Waals surface area contributed by atoms with Crippen LogP contribution >= 0.6 is 12.6 Å². The smallest absolute Gasteiger partial charge is 0.394 e. The molecular formula is C8H7NO3S. The van der Waals surface area contributed by atoms with E-state index >= 15 is 0 Å².